The van der Waals surface area contributed by atoms with Crippen LogP contribution in [0.2, 0.25) is 0 Å². The van der Waals surface area contributed by atoms with E-state index in [0.29, 0.717) is 6.67 Å². The van der Waals surface area contributed by atoms with Crippen LogP contribution in [0.1, 0.15) is 37.5 Å². The molecule has 71 heavy (non-hydrogen) atoms. The van der Waals surface area contributed by atoms with E-state index >= 15 is 0 Å². The quantitative estimate of drug-likeness (QED) is 0.144. The van der Waals surface area contributed by atoms with Crippen molar-refractivity contribution >= 4 is 44.6 Å². The Hall–Kier alpha value is -8.67. The Kier molecular flexibility index (Phi) is 10.9. The number of para-hydroxylation sites is 3. The summed E-state index contributed by atoms with van der Waals surface area (Å²) < 4.78 is 9.17. The van der Waals surface area contributed by atoms with Crippen LogP contribution in [0.5, 0.6) is 11.5 Å². The van der Waals surface area contributed by atoms with Crippen molar-refractivity contribution in [3.63, 3.8) is 0 Å². The van der Waals surface area contributed by atoms with E-state index in [4.69, 9.17) is 9.72 Å². The number of anilines is 4. The van der Waals surface area contributed by atoms with Crippen molar-refractivity contribution < 1.29 is 4.74 Å². The molecule has 0 saturated carbocycles. The fraction of sp³-hybridized carbons (Fsp3) is 0.106. The lowest BCUT2D eigenvalue weighted by molar-refractivity contribution is 0.483. The second-order valence-corrected chi connectivity index (χ2v) is 19.8. The zero-order valence-corrected chi connectivity index (χ0v) is 40.8. The predicted molar refractivity (Wildman–Crippen MR) is 297 cm³/mol. The van der Waals surface area contributed by atoms with E-state index in [1.165, 1.54) is 50.2 Å². The summed E-state index contributed by atoms with van der Waals surface area (Å²) in [5, 5.41) is 2.29. The average Bonchev–Trinajstić information content (AvgIpc) is 3.95. The first-order valence-electron chi connectivity index (χ1n) is 24.5. The van der Waals surface area contributed by atoms with E-state index < -0.39 is 0 Å². The maximum atomic E-state index is 6.89. The summed E-state index contributed by atoms with van der Waals surface area (Å²) >= 11 is 0. The number of nitrogens with zero attached hydrogens (tertiary/aromatic N) is 4. The third-order valence-electron chi connectivity index (χ3n) is 14.1. The minimum absolute atomic E-state index is 0.0614. The lowest BCUT2D eigenvalue weighted by atomic mass is 9.86. The van der Waals surface area contributed by atoms with E-state index in [0.717, 1.165) is 72.9 Å². The summed E-state index contributed by atoms with van der Waals surface area (Å²) in [4.78, 5) is 10.0. The minimum atomic E-state index is 0.0614. The van der Waals surface area contributed by atoms with Crippen LogP contribution in [0.3, 0.4) is 0 Å². The number of aromatic nitrogens is 2. The van der Waals surface area contributed by atoms with Crippen LogP contribution < -0.4 is 14.5 Å². The summed E-state index contributed by atoms with van der Waals surface area (Å²) in [6, 6.07) is 78.5. The first-order chi connectivity index (χ1) is 34.6. The molecule has 0 bridgehead atoms. The van der Waals surface area contributed by atoms with E-state index in [1.807, 2.05) is 12.3 Å². The van der Waals surface area contributed by atoms with Crippen LogP contribution in [0, 0.1) is 13.8 Å². The van der Waals surface area contributed by atoms with Crippen molar-refractivity contribution in [1.29, 1.82) is 0 Å². The molecule has 5 heteroatoms. The van der Waals surface area contributed by atoms with Gasteiger partial charge in [0.2, 0.25) is 0 Å². The fourth-order valence-electron chi connectivity index (χ4n) is 10.4. The molecule has 9 aromatic carbocycles. The first-order valence-corrected chi connectivity index (χ1v) is 24.5. The maximum Gasteiger partial charge on any atom is 0.137 e. The molecule has 11 aromatic rings. The van der Waals surface area contributed by atoms with E-state index in [-0.39, 0.29) is 5.41 Å². The molecular formula is C66H54N4O. The Balaban J connectivity index is 0.922. The number of fused-ring (bicyclic) bond motifs is 4. The Morgan fingerprint density at radius 2 is 1.06 bits per heavy atom. The van der Waals surface area contributed by atoms with Gasteiger partial charge in [0.15, 0.2) is 0 Å². The molecule has 1 aliphatic heterocycles. The number of benzene rings is 9. The number of rotatable bonds is 9. The minimum Gasteiger partial charge on any atom is -0.457 e. The highest BCUT2D eigenvalue weighted by molar-refractivity contribution is 6.11. The molecule has 3 heterocycles. The van der Waals surface area contributed by atoms with Gasteiger partial charge in [-0.05, 0) is 113 Å². The van der Waals surface area contributed by atoms with Gasteiger partial charge in [-0.3, -0.25) is 4.57 Å². The summed E-state index contributed by atoms with van der Waals surface area (Å²) in [6.45, 7) is 11.7. The Morgan fingerprint density at radius 3 is 1.76 bits per heavy atom. The molecule has 344 valence electrons. The van der Waals surface area contributed by atoms with Crippen LogP contribution >= 0.6 is 0 Å². The molecule has 0 fully saturated rings. The molecule has 0 spiro atoms. The average molecular weight is 919 g/mol. The van der Waals surface area contributed by atoms with Crippen LogP contribution in [0.25, 0.3) is 72.1 Å². The maximum absolute atomic E-state index is 6.89. The molecule has 0 atom stereocenters. The van der Waals surface area contributed by atoms with Crippen molar-refractivity contribution in [2.24, 2.45) is 0 Å². The third-order valence-corrected chi connectivity index (χ3v) is 14.1. The third kappa shape index (κ3) is 8.09. The van der Waals surface area contributed by atoms with Crippen molar-refractivity contribution in [1.82, 2.24) is 9.55 Å². The van der Waals surface area contributed by atoms with Gasteiger partial charge < -0.3 is 14.5 Å². The monoisotopic (exact) mass is 918 g/mol. The number of pyridine rings is 1. The number of ether oxygens (including phenoxy) is 1. The van der Waals surface area contributed by atoms with Gasteiger partial charge in [0.05, 0.1) is 28.1 Å². The summed E-state index contributed by atoms with van der Waals surface area (Å²) in [6.07, 6.45) is 2.01. The topological polar surface area (TPSA) is 33.5 Å². The van der Waals surface area contributed by atoms with Crippen LogP contribution in [0.15, 0.2) is 225 Å². The SMILES string of the molecule is Cc1ccc(-c2cnc(-n3c4ccc(-c5ccccc5)cc4c4ccc(Oc5cccc(N6CN(c7c(-c8ccccc8)cccc7-c7ccc(C(C)(C)C)cc7)c7ccccc76)c5)cc43)cc2C)cc1. The summed E-state index contributed by atoms with van der Waals surface area (Å²) in [7, 11) is 0. The van der Waals surface area contributed by atoms with Crippen molar-refractivity contribution in [3.8, 4) is 61.8 Å². The summed E-state index contributed by atoms with van der Waals surface area (Å²) in [5.41, 5.74) is 19.8. The van der Waals surface area contributed by atoms with Crippen molar-refractivity contribution in [2.45, 2.75) is 40.0 Å². The fourth-order valence-corrected chi connectivity index (χ4v) is 10.4. The molecule has 12 rings (SSSR count). The van der Waals surface area contributed by atoms with Gasteiger partial charge in [0, 0.05) is 51.5 Å². The number of aryl methyl sites for hydroxylation is 2. The normalized spacial score (nSPS) is 12.5. The van der Waals surface area contributed by atoms with Crippen molar-refractivity contribution in [3.05, 3.63) is 241 Å². The Labute approximate surface area is 416 Å². The highest BCUT2D eigenvalue weighted by Gasteiger charge is 2.31. The highest BCUT2D eigenvalue weighted by atomic mass is 16.5. The van der Waals surface area contributed by atoms with Gasteiger partial charge in [-0.25, -0.2) is 4.98 Å². The van der Waals surface area contributed by atoms with Crippen molar-refractivity contribution in [2.75, 3.05) is 16.5 Å². The largest absolute Gasteiger partial charge is 0.457 e. The number of hydrogen-bond acceptors (Lipinski definition) is 4. The second-order valence-electron chi connectivity index (χ2n) is 19.8. The van der Waals surface area contributed by atoms with E-state index in [1.54, 1.807) is 0 Å². The molecule has 0 N–H and O–H groups in total. The zero-order chi connectivity index (χ0) is 48.2. The van der Waals surface area contributed by atoms with Gasteiger partial charge in [-0.1, -0.05) is 178 Å². The van der Waals surface area contributed by atoms with Gasteiger partial charge in [0.1, 0.15) is 24.0 Å². The highest BCUT2D eigenvalue weighted by Crippen LogP contribution is 2.50. The summed E-state index contributed by atoms with van der Waals surface area (Å²) in [5.74, 6) is 2.37. The molecule has 0 radical (unpaired) electrons. The van der Waals surface area contributed by atoms with E-state index in [2.05, 4.69) is 261 Å². The van der Waals surface area contributed by atoms with Crippen LogP contribution in [0.4, 0.5) is 22.7 Å². The van der Waals surface area contributed by atoms with Gasteiger partial charge in [0.25, 0.3) is 0 Å². The molecule has 5 nitrogen and oxygen atoms in total. The molecule has 0 saturated heterocycles. The predicted octanol–water partition coefficient (Wildman–Crippen LogP) is 17.8. The molecule has 0 aliphatic carbocycles. The van der Waals surface area contributed by atoms with Gasteiger partial charge >= 0.3 is 0 Å². The number of hydrogen-bond donors (Lipinski definition) is 0. The zero-order valence-electron chi connectivity index (χ0n) is 40.8. The molecule has 2 aromatic heterocycles. The second kappa shape index (κ2) is 17.7. The lowest BCUT2D eigenvalue weighted by Crippen LogP contribution is -2.25. The Bertz CT molecular complexity index is 3760. The van der Waals surface area contributed by atoms with E-state index in [9.17, 15) is 0 Å². The standard InChI is InChI=1S/C66H54N4O/c1-44-26-28-49(29-27-44)59-42-67-64(38-45(59)2)70-60-37-32-50(46-16-8-6-9-17-46)39-58(60)57-36-35-54(41-63(57)70)71-53-21-14-20-52(40-53)68-43-69(62-25-13-12-24-61(62)68)65-55(47-18-10-7-11-19-47)22-15-23-56(65)48-30-33-51(34-31-48)66(3,4)5/h6-42H,43H2,1-5H3. The van der Waals surface area contributed by atoms with Crippen LogP contribution in [-0.4, -0.2) is 16.2 Å². The lowest BCUT2D eigenvalue weighted by Gasteiger charge is -2.27. The molecule has 0 unspecified atom stereocenters. The molecule has 0 amide bonds. The molecule has 1 aliphatic rings. The smallest absolute Gasteiger partial charge is 0.137 e. The Morgan fingerprint density at radius 1 is 0.451 bits per heavy atom. The molecular weight excluding hydrogens is 865 g/mol. The van der Waals surface area contributed by atoms with Gasteiger partial charge in [-0.15, -0.1) is 0 Å². The van der Waals surface area contributed by atoms with Gasteiger partial charge in [-0.2, -0.15) is 0 Å². The first kappa shape index (κ1) is 43.6. The van der Waals surface area contributed by atoms with Crippen LogP contribution in [-0.2, 0) is 5.41 Å².